The van der Waals surface area contributed by atoms with Crippen LogP contribution in [0.3, 0.4) is 0 Å². The molecule has 0 saturated carbocycles. The number of thiazole rings is 1. The van der Waals surface area contributed by atoms with Crippen LogP contribution >= 0.6 is 11.3 Å². The first-order valence-corrected chi connectivity index (χ1v) is 9.02. The fourth-order valence-corrected chi connectivity index (χ4v) is 3.06. The molecule has 0 fully saturated rings. The van der Waals surface area contributed by atoms with E-state index in [0.717, 1.165) is 5.56 Å². The highest BCUT2D eigenvalue weighted by atomic mass is 32.1. The zero-order valence-corrected chi connectivity index (χ0v) is 15.3. The number of rotatable bonds is 6. The Morgan fingerprint density at radius 1 is 1.22 bits per heavy atom. The van der Waals surface area contributed by atoms with Gasteiger partial charge in [0.15, 0.2) is 0 Å². The molecule has 3 rings (SSSR count). The molecule has 0 saturated heterocycles. The number of halogens is 1. The summed E-state index contributed by atoms with van der Waals surface area (Å²) in [4.78, 5) is 16.3. The van der Waals surface area contributed by atoms with Gasteiger partial charge in [-0.15, -0.1) is 0 Å². The summed E-state index contributed by atoms with van der Waals surface area (Å²) in [6.07, 6.45) is 0.817. The average Bonchev–Trinajstić information content (AvgIpc) is 3.07. The molecule has 0 radical (unpaired) electrons. The topological polar surface area (TPSA) is 75.6 Å². The van der Waals surface area contributed by atoms with E-state index in [4.69, 9.17) is 4.74 Å². The van der Waals surface area contributed by atoms with Crippen molar-refractivity contribution in [1.82, 2.24) is 4.98 Å². The Labute approximate surface area is 159 Å². The summed E-state index contributed by atoms with van der Waals surface area (Å²) in [7, 11) is 0. The summed E-state index contributed by atoms with van der Waals surface area (Å²) in [6.45, 7) is 2.00. The molecular weight excluding hydrogens is 367 g/mol. The molecule has 27 heavy (non-hydrogen) atoms. The van der Waals surface area contributed by atoms with Gasteiger partial charge in [-0.05, 0) is 13.0 Å². The first kappa shape index (κ1) is 18.5. The van der Waals surface area contributed by atoms with Crippen LogP contribution in [0.5, 0.6) is 0 Å². The Kier molecular flexibility index (Phi) is 6.11. The van der Waals surface area contributed by atoms with E-state index < -0.39 is 6.09 Å². The molecule has 0 atom stereocenters. The Morgan fingerprint density at radius 2 is 1.96 bits per heavy atom. The van der Waals surface area contributed by atoms with E-state index in [-0.39, 0.29) is 12.4 Å². The molecule has 0 unspecified atom stereocenters. The van der Waals surface area contributed by atoms with E-state index in [9.17, 15) is 9.18 Å². The molecule has 6 nitrogen and oxygen atoms in total. The van der Waals surface area contributed by atoms with Crippen molar-refractivity contribution >= 4 is 33.8 Å². The molecule has 0 aliphatic heterocycles. The lowest BCUT2D eigenvalue weighted by Crippen LogP contribution is -2.12. The number of carbonyl (C=O) groups excluding carboxylic acids is 1. The number of hydrogen-bond donors (Lipinski definition) is 2. The van der Waals surface area contributed by atoms with Crippen LogP contribution in [0.1, 0.15) is 12.5 Å². The van der Waals surface area contributed by atoms with Crippen LogP contribution in [0.15, 0.2) is 59.7 Å². The number of carbonyl (C=O) groups is 1. The van der Waals surface area contributed by atoms with Crippen LogP contribution in [0, 0.1) is 5.82 Å². The molecule has 2 aromatic carbocycles. The van der Waals surface area contributed by atoms with Gasteiger partial charge in [0, 0.05) is 11.1 Å². The number of hydrazone groups is 1. The van der Waals surface area contributed by atoms with Crippen molar-refractivity contribution in [2.45, 2.75) is 6.92 Å². The molecule has 0 aliphatic carbocycles. The largest absolute Gasteiger partial charge is 0.450 e. The molecule has 1 heterocycles. The maximum atomic E-state index is 13.6. The van der Waals surface area contributed by atoms with E-state index in [1.165, 1.54) is 23.6 Å². The Morgan fingerprint density at radius 3 is 2.70 bits per heavy atom. The van der Waals surface area contributed by atoms with Gasteiger partial charge in [0.2, 0.25) is 5.13 Å². The molecule has 0 bridgehead atoms. The Bertz CT molecular complexity index is 944. The second-order valence-corrected chi connectivity index (χ2v) is 6.30. The lowest BCUT2D eigenvalue weighted by atomic mass is 10.2. The van der Waals surface area contributed by atoms with Gasteiger partial charge in [-0.25, -0.2) is 14.2 Å². The molecule has 138 valence electrons. The van der Waals surface area contributed by atoms with Crippen LogP contribution in [0.2, 0.25) is 0 Å². The van der Waals surface area contributed by atoms with Gasteiger partial charge in [-0.2, -0.15) is 5.10 Å². The normalized spacial score (nSPS) is 10.7. The van der Waals surface area contributed by atoms with Crippen LogP contribution in [-0.4, -0.2) is 23.9 Å². The van der Waals surface area contributed by atoms with Gasteiger partial charge in [-0.3, -0.25) is 10.7 Å². The molecule has 0 aliphatic rings. The van der Waals surface area contributed by atoms with Crippen molar-refractivity contribution in [2.24, 2.45) is 5.10 Å². The first-order chi connectivity index (χ1) is 13.2. The van der Waals surface area contributed by atoms with Crippen LogP contribution in [0.4, 0.5) is 19.3 Å². The molecule has 1 amide bonds. The standard InChI is InChI=1S/C19H17FN4O2S/c1-2-26-19(25)23-17-16(13-8-4-3-5-9-13)22-18(27-17)24-21-12-14-10-6-7-11-15(14)20/h3-12H,2H2,1H3,(H,22,24)(H,23,25)/b21-12-. The summed E-state index contributed by atoms with van der Waals surface area (Å²) >= 11 is 1.21. The number of amides is 1. The second kappa shape index (κ2) is 8.91. The second-order valence-electron chi connectivity index (χ2n) is 5.30. The number of anilines is 2. The summed E-state index contributed by atoms with van der Waals surface area (Å²) in [5, 5.41) is 7.70. The van der Waals surface area contributed by atoms with E-state index in [2.05, 4.69) is 20.8 Å². The maximum Gasteiger partial charge on any atom is 0.412 e. The quantitative estimate of drug-likeness (QED) is 0.465. The van der Waals surface area contributed by atoms with Crippen LogP contribution < -0.4 is 10.7 Å². The van der Waals surface area contributed by atoms with Gasteiger partial charge in [0.1, 0.15) is 16.5 Å². The van der Waals surface area contributed by atoms with Crippen molar-refractivity contribution in [1.29, 1.82) is 0 Å². The Hall–Kier alpha value is -3.26. The van der Waals surface area contributed by atoms with Crippen molar-refractivity contribution in [3.63, 3.8) is 0 Å². The highest BCUT2D eigenvalue weighted by Crippen LogP contribution is 2.35. The predicted octanol–water partition coefficient (Wildman–Crippen LogP) is 4.96. The maximum absolute atomic E-state index is 13.6. The highest BCUT2D eigenvalue weighted by molar-refractivity contribution is 7.20. The number of ether oxygens (including phenoxy) is 1. The third kappa shape index (κ3) is 4.89. The van der Waals surface area contributed by atoms with E-state index in [1.807, 2.05) is 30.3 Å². The minimum absolute atomic E-state index is 0.267. The number of aromatic nitrogens is 1. The monoisotopic (exact) mass is 384 g/mol. The van der Waals surface area contributed by atoms with Crippen molar-refractivity contribution in [3.8, 4) is 11.3 Å². The smallest absolute Gasteiger partial charge is 0.412 e. The van der Waals surface area contributed by atoms with E-state index in [1.54, 1.807) is 25.1 Å². The van der Waals surface area contributed by atoms with Crippen molar-refractivity contribution in [2.75, 3.05) is 17.3 Å². The fourth-order valence-electron chi connectivity index (χ4n) is 2.24. The lowest BCUT2D eigenvalue weighted by molar-refractivity contribution is 0.168. The zero-order chi connectivity index (χ0) is 19.1. The van der Waals surface area contributed by atoms with Gasteiger partial charge < -0.3 is 4.74 Å². The summed E-state index contributed by atoms with van der Waals surface area (Å²) in [6, 6.07) is 15.7. The molecule has 3 aromatic rings. The number of hydrogen-bond acceptors (Lipinski definition) is 6. The fraction of sp³-hybridized carbons (Fsp3) is 0.105. The minimum Gasteiger partial charge on any atom is -0.450 e. The average molecular weight is 384 g/mol. The molecule has 1 aromatic heterocycles. The highest BCUT2D eigenvalue weighted by Gasteiger charge is 2.15. The SMILES string of the molecule is CCOC(=O)Nc1sc(N/N=C\c2ccccc2F)nc1-c1ccccc1. The first-order valence-electron chi connectivity index (χ1n) is 8.21. The third-order valence-corrected chi connectivity index (χ3v) is 4.31. The summed E-state index contributed by atoms with van der Waals surface area (Å²) < 4.78 is 18.6. The van der Waals surface area contributed by atoms with Crippen molar-refractivity contribution in [3.05, 3.63) is 66.0 Å². The summed E-state index contributed by atoms with van der Waals surface area (Å²) in [5.74, 6) is -0.364. The molecule has 2 N–H and O–H groups in total. The minimum atomic E-state index is -0.556. The lowest BCUT2D eigenvalue weighted by Gasteiger charge is -2.04. The zero-order valence-electron chi connectivity index (χ0n) is 14.5. The van der Waals surface area contributed by atoms with Gasteiger partial charge >= 0.3 is 6.09 Å². The Balaban J connectivity index is 1.82. The van der Waals surface area contributed by atoms with Crippen LogP contribution in [0.25, 0.3) is 11.3 Å². The molecule has 8 heteroatoms. The van der Waals surface area contributed by atoms with Crippen LogP contribution in [-0.2, 0) is 4.74 Å². The number of benzene rings is 2. The van der Waals surface area contributed by atoms with Crippen molar-refractivity contribution < 1.29 is 13.9 Å². The predicted molar refractivity (Wildman–Crippen MR) is 106 cm³/mol. The summed E-state index contributed by atoms with van der Waals surface area (Å²) in [5.41, 5.74) is 4.56. The van der Waals surface area contributed by atoms with E-state index >= 15 is 0 Å². The van der Waals surface area contributed by atoms with Gasteiger partial charge in [-0.1, -0.05) is 59.9 Å². The van der Waals surface area contributed by atoms with E-state index in [0.29, 0.717) is 21.4 Å². The third-order valence-electron chi connectivity index (χ3n) is 3.43. The van der Waals surface area contributed by atoms with Gasteiger partial charge in [0.05, 0.1) is 12.8 Å². The molecular formula is C19H17FN4O2S. The van der Waals surface area contributed by atoms with Gasteiger partial charge in [0.25, 0.3) is 0 Å². The number of nitrogens with zero attached hydrogens (tertiary/aromatic N) is 2. The number of nitrogens with one attached hydrogen (secondary N) is 2. The molecule has 0 spiro atoms.